The fourth-order valence-corrected chi connectivity index (χ4v) is 5.45. The molecule has 2 amide bonds. The quantitative estimate of drug-likeness (QED) is 0.337. The SMILES string of the molecule is CC[C@H](C)NC(=O)[C@H](C)N(Cc1ccccc1F)C(=O)CN(c1cccc(Cl)c1)S(=O)(=O)c1ccc(C)cc1. The lowest BCUT2D eigenvalue weighted by atomic mass is 10.1. The van der Waals surface area contributed by atoms with E-state index < -0.39 is 40.2 Å². The van der Waals surface area contributed by atoms with E-state index in [2.05, 4.69) is 5.32 Å². The van der Waals surface area contributed by atoms with Crippen molar-refractivity contribution in [1.29, 1.82) is 0 Å². The minimum Gasteiger partial charge on any atom is -0.352 e. The summed E-state index contributed by atoms with van der Waals surface area (Å²) in [5, 5.41) is 3.13. The molecular weight excluding hydrogens is 541 g/mol. The molecule has 10 heteroatoms. The number of hydrogen-bond donors (Lipinski definition) is 1. The van der Waals surface area contributed by atoms with Crippen molar-refractivity contribution in [2.24, 2.45) is 0 Å². The monoisotopic (exact) mass is 573 g/mol. The van der Waals surface area contributed by atoms with Crippen LogP contribution in [0.25, 0.3) is 0 Å². The summed E-state index contributed by atoms with van der Waals surface area (Å²) in [6.45, 7) is 6.26. The normalized spacial score (nSPS) is 12.9. The molecule has 3 aromatic rings. The van der Waals surface area contributed by atoms with Gasteiger partial charge in [-0.25, -0.2) is 12.8 Å². The van der Waals surface area contributed by atoms with Crippen LogP contribution in [0.15, 0.2) is 77.7 Å². The molecule has 39 heavy (non-hydrogen) atoms. The zero-order valence-corrected chi connectivity index (χ0v) is 24.0. The fraction of sp³-hybridized carbons (Fsp3) is 0.310. The van der Waals surface area contributed by atoms with Gasteiger partial charge in [0.1, 0.15) is 18.4 Å². The minimum absolute atomic E-state index is 0.0101. The van der Waals surface area contributed by atoms with Crippen LogP contribution in [-0.2, 0) is 26.2 Å². The summed E-state index contributed by atoms with van der Waals surface area (Å²) in [5.74, 6) is -1.64. The van der Waals surface area contributed by atoms with Gasteiger partial charge in [-0.1, -0.05) is 60.5 Å². The van der Waals surface area contributed by atoms with Crippen molar-refractivity contribution in [2.75, 3.05) is 10.8 Å². The van der Waals surface area contributed by atoms with Gasteiger partial charge in [0.2, 0.25) is 11.8 Å². The van der Waals surface area contributed by atoms with E-state index in [-0.39, 0.29) is 33.8 Å². The average molecular weight is 574 g/mol. The number of amides is 2. The van der Waals surface area contributed by atoms with Crippen molar-refractivity contribution in [3.05, 3.63) is 94.8 Å². The Morgan fingerprint density at radius 1 is 1.00 bits per heavy atom. The number of hydrogen-bond acceptors (Lipinski definition) is 4. The maximum absolute atomic E-state index is 14.6. The van der Waals surface area contributed by atoms with Gasteiger partial charge in [0, 0.05) is 23.2 Å². The van der Waals surface area contributed by atoms with Gasteiger partial charge in [-0.2, -0.15) is 0 Å². The van der Waals surface area contributed by atoms with E-state index in [1.807, 2.05) is 20.8 Å². The molecule has 3 rings (SSSR count). The summed E-state index contributed by atoms with van der Waals surface area (Å²) in [7, 11) is -4.21. The first kappa shape index (κ1) is 30.1. The molecule has 208 valence electrons. The van der Waals surface area contributed by atoms with Crippen molar-refractivity contribution < 1.29 is 22.4 Å². The van der Waals surface area contributed by atoms with Crippen LogP contribution in [0, 0.1) is 12.7 Å². The molecule has 0 bridgehead atoms. The largest absolute Gasteiger partial charge is 0.352 e. The standard InChI is InChI=1S/C29H33ClFN3O4S/c1-5-21(3)32-29(36)22(4)33(18-23-9-6-7-12-27(23)31)28(35)19-34(25-11-8-10-24(30)17-25)39(37,38)26-15-13-20(2)14-16-26/h6-17,21-22H,5,18-19H2,1-4H3,(H,32,36)/t21-,22-/m0/s1. The van der Waals surface area contributed by atoms with Crippen LogP contribution < -0.4 is 9.62 Å². The third kappa shape index (κ3) is 7.58. The number of halogens is 2. The highest BCUT2D eigenvalue weighted by Crippen LogP contribution is 2.27. The van der Waals surface area contributed by atoms with Crippen LogP contribution in [0.2, 0.25) is 5.02 Å². The molecule has 0 aliphatic rings. The minimum atomic E-state index is -4.21. The molecule has 2 atom stereocenters. The number of aryl methyl sites for hydroxylation is 1. The van der Waals surface area contributed by atoms with Gasteiger partial charge in [-0.05, 0) is 63.6 Å². The number of benzene rings is 3. The van der Waals surface area contributed by atoms with E-state index in [0.717, 1.165) is 9.87 Å². The Bertz CT molecular complexity index is 1420. The van der Waals surface area contributed by atoms with Crippen molar-refractivity contribution >= 4 is 39.1 Å². The molecule has 0 radical (unpaired) electrons. The molecule has 0 aliphatic carbocycles. The number of nitrogens with zero attached hydrogens (tertiary/aromatic N) is 2. The van der Waals surface area contributed by atoms with Gasteiger partial charge in [0.05, 0.1) is 10.6 Å². The smallest absolute Gasteiger partial charge is 0.264 e. The molecule has 0 aliphatic heterocycles. The first-order valence-corrected chi connectivity index (χ1v) is 14.4. The molecule has 0 aromatic heterocycles. The lowest BCUT2D eigenvalue weighted by Gasteiger charge is -2.32. The van der Waals surface area contributed by atoms with Crippen LogP contribution in [0.4, 0.5) is 10.1 Å². The highest BCUT2D eigenvalue weighted by atomic mass is 35.5. The summed E-state index contributed by atoms with van der Waals surface area (Å²) in [6, 6.07) is 17.2. The Hall–Kier alpha value is -3.43. The summed E-state index contributed by atoms with van der Waals surface area (Å²) < 4.78 is 43.1. The van der Waals surface area contributed by atoms with E-state index in [0.29, 0.717) is 6.42 Å². The topological polar surface area (TPSA) is 86.8 Å². The van der Waals surface area contributed by atoms with Crippen molar-refractivity contribution in [1.82, 2.24) is 10.2 Å². The van der Waals surface area contributed by atoms with E-state index in [4.69, 9.17) is 11.6 Å². The zero-order valence-electron chi connectivity index (χ0n) is 22.4. The second kappa shape index (κ2) is 13.1. The second-order valence-electron chi connectivity index (χ2n) is 9.41. The third-order valence-electron chi connectivity index (χ3n) is 6.45. The third-order valence-corrected chi connectivity index (χ3v) is 8.47. The molecule has 0 fully saturated rings. The number of carbonyl (C=O) groups excluding carboxylic acids is 2. The Morgan fingerprint density at radius 3 is 2.28 bits per heavy atom. The van der Waals surface area contributed by atoms with Crippen LogP contribution >= 0.6 is 11.6 Å². The Kier molecular flexibility index (Phi) is 10.1. The van der Waals surface area contributed by atoms with Gasteiger partial charge in [0.25, 0.3) is 10.0 Å². The lowest BCUT2D eigenvalue weighted by Crippen LogP contribution is -2.52. The van der Waals surface area contributed by atoms with Crippen LogP contribution in [0.3, 0.4) is 0 Å². The second-order valence-corrected chi connectivity index (χ2v) is 11.7. The predicted molar refractivity (Wildman–Crippen MR) is 151 cm³/mol. The van der Waals surface area contributed by atoms with Gasteiger partial charge < -0.3 is 10.2 Å². The predicted octanol–water partition coefficient (Wildman–Crippen LogP) is 5.31. The molecule has 0 saturated heterocycles. The number of rotatable bonds is 11. The Labute approximate surface area is 234 Å². The summed E-state index contributed by atoms with van der Waals surface area (Å²) in [5.41, 5.74) is 1.25. The zero-order chi connectivity index (χ0) is 28.7. The molecule has 0 saturated carbocycles. The lowest BCUT2D eigenvalue weighted by molar-refractivity contribution is -0.139. The van der Waals surface area contributed by atoms with Crippen molar-refractivity contribution in [3.8, 4) is 0 Å². The molecule has 3 aromatic carbocycles. The van der Waals surface area contributed by atoms with E-state index in [1.165, 1.54) is 54.3 Å². The maximum Gasteiger partial charge on any atom is 0.264 e. The summed E-state index contributed by atoms with van der Waals surface area (Å²) in [4.78, 5) is 28.1. The Balaban J connectivity index is 2.04. The first-order valence-electron chi connectivity index (χ1n) is 12.6. The first-order chi connectivity index (χ1) is 18.4. The number of sulfonamides is 1. The van der Waals surface area contributed by atoms with Gasteiger partial charge in [-0.15, -0.1) is 0 Å². The fourth-order valence-electron chi connectivity index (χ4n) is 3.86. The van der Waals surface area contributed by atoms with Gasteiger partial charge >= 0.3 is 0 Å². The van der Waals surface area contributed by atoms with Gasteiger partial charge in [0.15, 0.2) is 0 Å². The number of carbonyl (C=O) groups is 2. The van der Waals surface area contributed by atoms with Crippen LogP contribution in [0.1, 0.15) is 38.3 Å². The van der Waals surface area contributed by atoms with E-state index in [9.17, 15) is 22.4 Å². The van der Waals surface area contributed by atoms with Crippen LogP contribution in [-0.4, -0.2) is 43.8 Å². The van der Waals surface area contributed by atoms with E-state index >= 15 is 0 Å². The highest BCUT2D eigenvalue weighted by molar-refractivity contribution is 7.92. The molecular formula is C29H33ClFN3O4S. The highest BCUT2D eigenvalue weighted by Gasteiger charge is 2.33. The van der Waals surface area contributed by atoms with E-state index in [1.54, 1.807) is 30.3 Å². The molecule has 0 spiro atoms. The molecule has 7 nitrogen and oxygen atoms in total. The van der Waals surface area contributed by atoms with Crippen LogP contribution in [0.5, 0.6) is 0 Å². The van der Waals surface area contributed by atoms with Gasteiger partial charge in [-0.3, -0.25) is 13.9 Å². The van der Waals surface area contributed by atoms with Crippen molar-refractivity contribution in [3.63, 3.8) is 0 Å². The number of nitrogens with one attached hydrogen (secondary N) is 1. The Morgan fingerprint density at radius 2 is 1.67 bits per heavy atom. The number of anilines is 1. The van der Waals surface area contributed by atoms with Crippen molar-refractivity contribution in [2.45, 2.75) is 57.6 Å². The molecule has 0 heterocycles. The maximum atomic E-state index is 14.6. The molecule has 1 N–H and O–H groups in total. The average Bonchev–Trinajstić information content (AvgIpc) is 2.90. The summed E-state index contributed by atoms with van der Waals surface area (Å²) in [6.07, 6.45) is 0.678. The molecule has 0 unspecified atom stereocenters. The summed E-state index contributed by atoms with van der Waals surface area (Å²) >= 11 is 6.17.